The van der Waals surface area contributed by atoms with Crippen molar-refractivity contribution >= 4 is 17.5 Å². The Morgan fingerprint density at radius 3 is 2.59 bits per heavy atom. The first kappa shape index (κ1) is 18.7. The van der Waals surface area contributed by atoms with Gasteiger partial charge < -0.3 is 15.0 Å². The number of rotatable bonds is 6. The van der Waals surface area contributed by atoms with Crippen LogP contribution in [0.2, 0.25) is 0 Å². The molecule has 0 spiro atoms. The molecule has 1 aliphatic heterocycles. The van der Waals surface area contributed by atoms with Gasteiger partial charge in [0.15, 0.2) is 0 Å². The fraction of sp³-hybridized carbons (Fsp3) is 0.227. The number of aromatic amines is 1. The van der Waals surface area contributed by atoms with Crippen LogP contribution >= 0.6 is 0 Å². The number of carbonyl (C=O) groups is 2. The molecule has 1 atom stereocenters. The van der Waals surface area contributed by atoms with Gasteiger partial charge in [-0.1, -0.05) is 24.3 Å². The van der Waals surface area contributed by atoms with Crippen molar-refractivity contribution < 1.29 is 14.3 Å². The predicted octanol–water partition coefficient (Wildman–Crippen LogP) is 2.75. The zero-order valence-electron chi connectivity index (χ0n) is 16.1. The summed E-state index contributed by atoms with van der Waals surface area (Å²) in [5, 5.41) is 9.82. The van der Waals surface area contributed by atoms with E-state index in [1.165, 1.54) is 0 Å². The van der Waals surface area contributed by atoms with Crippen molar-refractivity contribution in [2.24, 2.45) is 5.92 Å². The zero-order chi connectivity index (χ0) is 20.2. The Bertz CT molecular complexity index is 982. The van der Waals surface area contributed by atoms with Crippen LogP contribution < -0.4 is 15.0 Å². The maximum absolute atomic E-state index is 12.6. The Morgan fingerprint density at radius 1 is 1.17 bits per heavy atom. The van der Waals surface area contributed by atoms with Crippen LogP contribution in [0.5, 0.6) is 5.75 Å². The van der Waals surface area contributed by atoms with Crippen molar-refractivity contribution in [1.82, 2.24) is 15.5 Å². The number of ether oxygens (including phenoxy) is 1. The van der Waals surface area contributed by atoms with Gasteiger partial charge in [0.25, 0.3) is 0 Å². The van der Waals surface area contributed by atoms with Crippen LogP contribution in [0, 0.1) is 5.92 Å². The molecule has 0 bridgehead atoms. The van der Waals surface area contributed by atoms with E-state index in [9.17, 15) is 9.59 Å². The first-order chi connectivity index (χ1) is 14.1. The summed E-state index contributed by atoms with van der Waals surface area (Å²) in [7, 11) is 1.60. The van der Waals surface area contributed by atoms with E-state index in [2.05, 4.69) is 15.5 Å². The molecule has 0 radical (unpaired) electrons. The van der Waals surface area contributed by atoms with Crippen LogP contribution in [-0.4, -0.2) is 35.7 Å². The third kappa shape index (κ3) is 4.13. The standard InChI is InChI=1S/C22H22N4O3/c1-29-19-8-6-18(7-9-19)26-14-17(12-21(26)27)22(28)23-13-15-2-4-16(5-3-15)20-10-11-24-25-20/h2-11,17H,12-14H2,1H3,(H,23,28)(H,24,25). The van der Waals surface area contributed by atoms with Gasteiger partial charge in [-0.25, -0.2) is 0 Å². The minimum Gasteiger partial charge on any atom is -0.497 e. The number of anilines is 1. The summed E-state index contributed by atoms with van der Waals surface area (Å²) in [5.41, 5.74) is 3.76. The van der Waals surface area contributed by atoms with Crippen molar-refractivity contribution in [2.45, 2.75) is 13.0 Å². The van der Waals surface area contributed by atoms with Crippen LogP contribution in [0.25, 0.3) is 11.3 Å². The summed E-state index contributed by atoms with van der Waals surface area (Å²) >= 11 is 0. The fourth-order valence-corrected chi connectivity index (χ4v) is 3.45. The van der Waals surface area contributed by atoms with Crippen LogP contribution in [0.15, 0.2) is 60.8 Å². The quantitative estimate of drug-likeness (QED) is 0.678. The molecule has 2 N–H and O–H groups in total. The van der Waals surface area contributed by atoms with Crippen molar-refractivity contribution in [1.29, 1.82) is 0 Å². The van der Waals surface area contributed by atoms with Gasteiger partial charge >= 0.3 is 0 Å². The number of amides is 2. The number of nitrogens with one attached hydrogen (secondary N) is 2. The Morgan fingerprint density at radius 2 is 1.93 bits per heavy atom. The molecule has 2 heterocycles. The van der Waals surface area contributed by atoms with Gasteiger partial charge in [-0.05, 0) is 41.5 Å². The Kier molecular flexibility index (Phi) is 5.29. The summed E-state index contributed by atoms with van der Waals surface area (Å²) in [4.78, 5) is 26.6. The number of nitrogens with zero attached hydrogens (tertiary/aromatic N) is 2. The van der Waals surface area contributed by atoms with E-state index in [0.717, 1.165) is 28.3 Å². The highest BCUT2D eigenvalue weighted by Crippen LogP contribution is 2.27. The van der Waals surface area contributed by atoms with E-state index in [0.29, 0.717) is 13.1 Å². The molecule has 0 saturated carbocycles. The highest BCUT2D eigenvalue weighted by atomic mass is 16.5. The summed E-state index contributed by atoms with van der Waals surface area (Å²) in [5.74, 6) is 0.230. The Balaban J connectivity index is 1.33. The lowest BCUT2D eigenvalue weighted by molar-refractivity contribution is -0.126. The molecule has 7 nitrogen and oxygen atoms in total. The molecular weight excluding hydrogens is 368 g/mol. The highest BCUT2D eigenvalue weighted by molar-refractivity contribution is 6.00. The van der Waals surface area contributed by atoms with Gasteiger partial charge in [0.1, 0.15) is 5.75 Å². The average molecular weight is 390 g/mol. The summed E-state index contributed by atoms with van der Waals surface area (Å²) in [6.45, 7) is 0.811. The van der Waals surface area contributed by atoms with Crippen molar-refractivity contribution in [3.63, 3.8) is 0 Å². The first-order valence-corrected chi connectivity index (χ1v) is 9.45. The van der Waals surface area contributed by atoms with E-state index in [4.69, 9.17) is 4.74 Å². The van der Waals surface area contributed by atoms with E-state index in [1.54, 1.807) is 18.2 Å². The lowest BCUT2D eigenvalue weighted by Crippen LogP contribution is -2.32. The molecule has 0 aliphatic carbocycles. The molecule has 148 valence electrons. The molecule has 7 heteroatoms. The van der Waals surface area contributed by atoms with Gasteiger partial charge in [-0.2, -0.15) is 5.10 Å². The molecule has 29 heavy (non-hydrogen) atoms. The number of H-pyrrole nitrogens is 1. The summed E-state index contributed by atoms with van der Waals surface area (Å²) in [6.07, 6.45) is 1.93. The molecule has 1 aromatic heterocycles. The van der Waals surface area contributed by atoms with E-state index in [-0.39, 0.29) is 24.2 Å². The second kappa shape index (κ2) is 8.18. The molecule has 2 aromatic carbocycles. The maximum Gasteiger partial charge on any atom is 0.227 e. The van der Waals surface area contributed by atoms with E-state index in [1.807, 2.05) is 54.6 Å². The first-order valence-electron chi connectivity index (χ1n) is 9.45. The van der Waals surface area contributed by atoms with Crippen LogP contribution in [0.3, 0.4) is 0 Å². The second-order valence-electron chi connectivity index (χ2n) is 6.99. The topological polar surface area (TPSA) is 87.3 Å². The number of hydrogen-bond donors (Lipinski definition) is 2. The number of aromatic nitrogens is 2. The molecule has 1 fully saturated rings. The highest BCUT2D eigenvalue weighted by Gasteiger charge is 2.34. The fourth-order valence-electron chi connectivity index (χ4n) is 3.45. The third-order valence-corrected chi connectivity index (χ3v) is 5.11. The smallest absolute Gasteiger partial charge is 0.227 e. The number of benzene rings is 2. The number of carbonyl (C=O) groups excluding carboxylic acids is 2. The van der Waals surface area contributed by atoms with Gasteiger partial charge in [0, 0.05) is 31.4 Å². The Hall–Kier alpha value is -3.61. The molecule has 2 amide bonds. The lowest BCUT2D eigenvalue weighted by atomic mass is 10.1. The van der Waals surface area contributed by atoms with Crippen molar-refractivity contribution in [3.05, 3.63) is 66.4 Å². The van der Waals surface area contributed by atoms with Gasteiger partial charge in [-0.15, -0.1) is 0 Å². The SMILES string of the molecule is COc1ccc(N2CC(C(=O)NCc3ccc(-c4ccn[nH]4)cc3)CC2=O)cc1. The monoisotopic (exact) mass is 390 g/mol. The molecular formula is C22H22N4O3. The maximum atomic E-state index is 12.6. The lowest BCUT2D eigenvalue weighted by Gasteiger charge is -2.17. The predicted molar refractivity (Wildman–Crippen MR) is 109 cm³/mol. The molecule has 3 aromatic rings. The van der Waals surface area contributed by atoms with Gasteiger partial charge in [0.2, 0.25) is 11.8 Å². The van der Waals surface area contributed by atoms with Crippen LogP contribution in [-0.2, 0) is 16.1 Å². The molecule has 4 rings (SSSR count). The zero-order valence-corrected chi connectivity index (χ0v) is 16.1. The van der Waals surface area contributed by atoms with E-state index >= 15 is 0 Å². The third-order valence-electron chi connectivity index (χ3n) is 5.11. The second-order valence-corrected chi connectivity index (χ2v) is 6.99. The van der Waals surface area contributed by atoms with Gasteiger partial charge in [0.05, 0.1) is 18.7 Å². The summed E-state index contributed by atoms with van der Waals surface area (Å²) < 4.78 is 5.15. The molecule has 1 saturated heterocycles. The van der Waals surface area contributed by atoms with Crippen molar-refractivity contribution in [3.8, 4) is 17.0 Å². The largest absolute Gasteiger partial charge is 0.497 e. The normalized spacial score (nSPS) is 16.1. The minimum absolute atomic E-state index is 0.0424. The molecule has 1 aliphatic rings. The Labute approximate surface area is 168 Å². The van der Waals surface area contributed by atoms with Crippen LogP contribution in [0.1, 0.15) is 12.0 Å². The summed E-state index contributed by atoms with van der Waals surface area (Å²) in [6, 6.07) is 17.1. The van der Waals surface area contributed by atoms with Crippen LogP contribution in [0.4, 0.5) is 5.69 Å². The van der Waals surface area contributed by atoms with Gasteiger partial charge in [-0.3, -0.25) is 14.7 Å². The molecule has 1 unspecified atom stereocenters. The average Bonchev–Trinajstić information content (AvgIpc) is 3.43. The van der Waals surface area contributed by atoms with Crippen molar-refractivity contribution in [2.75, 3.05) is 18.6 Å². The number of methoxy groups -OCH3 is 1. The number of hydrogen-bond acceptors (Lipinski definition) is 4. The van der Waals surface area contributed by atoms with E-state index < -0.39 is 0 Å². The minimum atomic E-state index is -0.353.